The predicted molar refractivity (Wildman–Crippen MR) is 79.6 cm³/mol. The van der Waals surface area contributed by atoms with Crippen molar-refractivity contribution >= 4 is 15.7 Å². The summed E-state index contributed by atoms with van der Waals surface area (Å²) in [5.74, 6) is 0. The first-order chi connectivity index (χ1) is 8.59. The molecule has 0 aliphatic rings. The zero-order valence-electron chi connectivity index (χ0n) is 12.4. The normalized spacial score (nSPS) is 12.7. The highest BCUT2D eigenvalue weighted by Gasteiger charge is 2.26. The molecule has 0 aromatic heterocycles. The SMILES string of the molecule is CCCC(C)(C)NS(=O)(=O)c1cc(C)c(C)c(N)c1. The highest BCUT2D eigenvalue weighted by Crippen LogP contribution is 2.23. The lowest BCUT2D eigenvalue weighted by molar-refractivity contribution is 0.418. The van der Waals surface area contributed by atoms with Crippen LogP contribution in [0, 0.1) is 13.8 Å². The van der Waals surface area contributed by atoms with Crippen molar-refractivity contribution in [3.8, 4) is 0 Å². The third kappa shape index (κ3) is 3.94. The van der Waals surface area contributed by atoms with Crippen LogP contribution in [0.1, 0.15) is 44.7 Å². The second-order valence-corrected chi connectivity index (χ2v) is 7.38. The number of sulfonamides is 1. The van der Waals surface area contributed by atoms with Gasteiger partial charge in [-0.15, -0.1) is 0 Å². The molecule has 0 spiro atoms. The van der Waals surface area contributed by atoms with Gasteiger partial charge in [-0.25, -0.2) is 13.1 Å². The lowest BCUT2D eigenvalue weighted by atomic mass is 10.0. The molecule has 0 aliphatic heterocycles. The average Bonchev–Trinajstić information content (AvgIpc) is 2.23. The fraction of sp³-hybridized carbons (Fsp3) is 0.571. The highest BCUT2D eigenvalue weighted by molar-refractivity contribution is 7.89. The van der Waals surface area contributed by atoms with Crippen molar-refractivity contribution in [3.63, 3.8) is 0 Å². The molecule has 0 saturated heterocycles. The maximum absolute atomic E-state index is 12.4. The zero-order chi connectivity index (χ0) is 14.8. The number of nitrogen functional groups attached to an aromatic ring is 1. The smallest absolute Gasteiger partial charge is 0.241 e. The van der Waals surface area contributed by atoms with E-state index in [9.17, 15) is 8.42 Å². The molecule has 0 amide bonds. The van der Waals surface area contributed by atoms with Gasteiger partial charge in [0.15, 0.2) is 0 Å². The monoisotopic (exact) mass is 284 g/mol. The van der Waals surface area contributed by atoms with E-state index in [1.807, 2.05) is 34.6 Å². The van der Waals surface area contributed by atoms with Crippen molar-refractivity contribution in [3.05, 3.63) is 23.3 Å². The van der Waals surface area contributed by atoms with Crippen molar-refractivity contribution < 1.29 is 8.42 Å². The van der Waals surface area contributed by atoms with Crippen molar-refractivity contribution in [2.24, 2.45) is 0 Å². The maximum Gasteiger partial charge on any atom is 0.241 e. The largest absolute Gasteiger partial charge is 0.398 e. The van der Waals surface area contributed by atoms with Crippen LogP contribution in [0.15, 0.2) is 17.0 Å². The fourth-order valence-corrected chi connectivity index (χ4v) is 3.67. The van der Waals surface area contributed by atoms with Gasteiger partial charge < -0.3 is 5.73 Å². The summed E-state index contributed by atoms with van der Waals surface area (Å²) >= 11 is 0. The van der Waals surface area contributed by atoms with E-state index in [0.29, 0.717) is 5.69 Å². The predicted octanol–water partition coefficient (Wildman–Crippen LogP) is 2.74. The number of anilines is 1. The summed E-state index contributed by atoms with van der Waals surface area (Å²) < 4.78 is 27.5. The van der Waals surface area contributed by atoms with Crippen molar-refractivity contribution in [1.82, 2.24) is 4.72 Å². The molecule has 108 valence electrons. The first kappa shape index (κ1) is 16.0. The van der Waals surface area contributed by atoms with E-state index < -0.39 is 15.6 Å². The summed E-state index contributed by atoms with van der Waals surface area (Å²) in [6.45, 7) is 9.55. The summed E-state index contributed by atoms with van der Waals surface area (Å²) in [5.41, 5.74) is 7.71. The summed E-state index contributed by atoms with van der Waals surface area (Å²) in [4.78, 5) is 0.234. The molecule has 0 unspecified atom stereocenters. The molecule has 1 aromatic rings. The zero-order valence-corrected chi connectivity index (χ0v) is 13.2. The Bertz CT molecular complexity index is 540. The minimum absolute atomic E-state index is 0.234. The number of aryl methyl sites for hydroxylation is 1. The van der Waals surface area contributed by atoms with Gasteiger partial charge in [0.2, 0.25) is 10.0 Å². The quantitative estimate of drug-likeness (QED) is 0.817. The number of nitrogens with one attached hydrogen (secondary N) is 1. The number of hydrogen-bond donors (Lipinski definition) is 2. The summed E-state index contributed by atoms with van der Waals surface area (Å²) in [7, 11) is -3.53. The van der Waals surface area contributed by atoms with Gasteiger partial charge in [-0.1, -0.05) is 13.3 Å². The van der Waals surface area contributed by atoms with Gasteiger partial charge in [0.05, 0.1) is 4.90 Å². The molecule has 19 heavy (non-hydrogen) atoms. The van der Waals surface area contributed by atoms with Gasteiger partial charge in [-0.2, -0.15) is 0 Å². The average molecular weight is 284 g/mol. The maximum atomic E-state index is 12.4. The van der Waals surface area contributed by atoms with Gasteiger partial charge in [0.1, 0.15) is 0 Å². The third-order valence-electron chi connectivity index (χ3n) is 3.28. The van der Waals surface area contributed by atoms with Gasteiger partial charge in [-0.3, -0.25) is 0 Å². The van der Waals surface area contributed by atoms with Crippen LogP contribution in [0.25, 0.3) is 0 Å². The number of rotatable bonds is 5. The topological polar surface area (TPSA) is 72.2 Å². The van der Waals surface area contributed by atoms with Crippen molar-refractivity contribution in [1.29, 1.82) is 0 Å². The second-order valence-electron chi connectivity index (χ2n) is 5.69. The molecule has 0 aliphatic carbocycles. The molecule has 1 rings (SSSR count). The first-order valence-electron chi connectivity index (χ1n) is 6.50. The lowest BCUT2D eigenvalue weighted by Crippen LogP contribution is -2.43. The van der Waals surface area contributed by atoms with Crippen LogP contribution in [0.5, 0.6) is 0 Å². The van der Waals surface area contributed by atoms with Gasteiger partial charge in [-0.05, 0) is 57.4 Å². The molecule has 0 bridgehead atoms. The molecule has 0 radical (unpaired) electrons. The van der Waals surface area contributed by atoms with Crippen LogP contribution in [-0.4, -0.2) is 14.0 Å². The van der Waals surface area contributed by atoms with Gasteiger partial charge in [0, 0.05) is 11.2 Å². The summed E-state index contributed by atoms with van der Waals surface area (Å²) in [5, 5.41) is 0. The minimum Gasteiger partial charge on any atom is -0.398 e. The number of hydrogen-bond acceptors (Lipinski definition) is 3. The van der Waals surface area contributed by atoms with Crippen LogP contribution in [-0.2, 0) is 10.0 Å². The minimum atomic E-state index is -3.53. The van der Waals surface area contributed by atoms with Crippen LogP contribution < -0.4 is 10.5 Å². The van der Waals surface area contributed by atoms with Gasteiger partial charge >= 0.3 is 0 Å². The van der Waals surface area contributed by atoms with E-state index in [4.69, 9.17) is 5.73 Å². The van der Waals surface area contributed by atoms with E-state index in [2.05, 4.69) is 4.72 Å². The Hall–Kier alpha value is -1.07. The Balaban J connectivity index is 3.15. The lowest BCUT2D eigenvalue weighted by Gasteiger charge is -2.25. The molecule has 4 nitrogen and oxygen atoms in total. The van der Waals surface area contributed by atoms with E-state index in [-0.39, 0.29) is 4.90 Å². The molecule has 0 heterocycles. The Kier molecular flexibility index (Phi) is 4.63. The number of benzene rings is 1. The van der Waals surface area contributed by atoms with E-state index in [1.165, 1.54) is 6.07 Å². The van der Waals surface area contributed by atoms with E-state index in [0.717, 1.165) is 24.0 Å². The Morgan fingerprint density at radius 3 is 2.32 bits per heavy atom. The summed E-state index contributed by atoms with van der Waals surface area (Å²) in [6.07, 6.45) is 1.71. The second kappa shape index (κ2) is 5.51. The van der Waals surface area contributed by atoms with Crippen LogP contribution in [0.2, 0.25) is 0 Å². The van der Waals surface area contributed by atoms with Crippen molar-refractivity contribution in [2.45, 2.75) is 57.9 Å². The van der Waals surface area contributed by atoms with E-state index >= 15 is 0 Å². The van der Waals surface area contributed by atoms with E-state index in [1.54, 1.807) is 6.07 Å². The third-order valence-corrected chi connectivity index (χ3v) is 4.95. The molecule has 3 N–H and O–H groups in total. The molecular weight excluding hydrogens is 260 g/mol. The Labute approximate surface area is 116 Å². The Morgan fingerprint density at radius 2 is 1.84 bits per heavy atom. The van der Waals surface area contributed by atoms with Crippen LogP contribution >= 0.6 is 0 Å². The molecule has 5 heteroatoms. The summed E-state index contributed by atoms with van der Waals surface area (Å²) in [6, 6.07) is 3.18. The fourth-order valence-electron chi connectivity index (χ4n) is 2.11. The molecular formula is C14H24N2O2S. The standard InChI is InChI=1S/C14H24N2O2S/c1-6-7-14(4,5)16-19(17,18)12-8-10(2)11(3)13(15)9-12/h8-9,16H,6-7,15H2,1-5H3. The molecule has 0 fully saturated rings. The Morgan fingerprint density at radius 1 is 1.26 bits per heavy atom. The van der Waals surface area contributed by atoms with Crippen LogP contribution in [0.4, 0.5) is 5.69 Å². The molecule has 0 atom stereocenters. The number of nitrogens with two attached hydrogens (primary N) is 1. The first-order valence-corrected chi connectivity index (χ1v) is 7.98. The van der Waals surface area contributed by atoms with Gasteiger partial charge in [0.25, 0.3) is 0 Å². The molecule has 1 aromatic carbocycles. The van der Waals surface area contributed by atoms with Crippen LogP contribution in [0.3, 0.4) is 0 Å². The molecule has 0 saturated carbocycles. The van der Waals surface area contributed by atoms with Crippen molar-refractivity contribution in [2.75, 3.05) is 5.73 Å². The highest BCUT2D eigenvalue weighted by atomic mass is 32.2.